The maximum Gasteiger partial charge on any atom is 0.330 e. The minimum Gasteiger partial charge on any atom is -0.395 e. The predicted octanol–water partition coefficient (Wildman–Crippen LogP) is 4.11. The summed E-state index contributed by atoms with van der Waals surface area (Å²) in [6, 6.07) is -0.306. The lowest BCUT2D eigenvalue weighted by Crippen LogP contribution is -2.33. The largest absolute Gasteiger partial charge is 0.395 e. The third-order valence-electron chi connectivity index (χ3n) is 5.79. The number of H-pyrrole nitrogens is 2. The zero-order valence-electron chi connectivity index (χ0n) is 21.2. The van der Waals surface area contributed by atoms with Gasteiger partial charge in [-0.25, -0.2) is 4.98 Å². The van der Waals surface area contributed by atoms with Gasteiger partial charge in [0, 0.05) is 37.6 Å². The minimum absolute atomic E-state index is 0.130. The van der Waals surface area contributed by atoms with Gasteiger partial charge in [0.2, 0.25) is 0 Å². The Morgan fingerprint density at radius 3 is 2.60 bits per heavy atom. The van der Waals surface area contributed by atoms with Gasteiger partial charge in [0.25, 0.3) is 5.56 Å². The molecule has 11 heteroatoms. The van der Waals surface area contributed by atoms with Gasteiger partial charge in [0.1, 0.15) is 5.52 Å². The van der Waals surface area contributed by atoms with E-state index in [1.165, 1.54) is 38.4 Å². The van der Waals surface area contributed by atoms with E-state index in [1.807, 2.05) is 0 Å². The van der Waals surface area contributed by atoms with Crippen molar-refractivity contribution in [2.45, 2.75) is 77.8 Å². The summed E-state index contributed by atoms with van der Waals surface area (Å²) in [5.41, 5.74) is 1.58. The number of aromatic amines is 2. The number of nitrogens with one attached hydrogen (secondary N) is 3. The lowest BCUT2D eigenvalue weighted by molar-refractivity contribution is 0.111. The molecule has 0 saturated carbocycles. The number of nitrogens with zero attached hydrogens (tertiary/aromatic N) is 1. The minimum atomic E-state index is -3.26. The summed E-state index contributed by atoms with van der Waals surface area (Å²) in [7, 11) is -3.26. The molecule has 0 amide bonds. The van der Waals surface area contributed by atoms with Crippen LogP contribution in [0.2, 0.25) is 0 Å². The molecule has 0 fully saturated rings. The van der Waals surface area contributed by atoms with Crippen molar-refractivity contribution in [1.29, 1.82) is 0 Å². The van der Waals surface area contributed by atoms with E-state index >= 15 is 0 Å². The molecule has 2 atom stereocenters. The van der Waals surface area contributed by atoms with Crippen molar-refractivity contribution in [3.8, 4) is 0 Å². The van der Waals surface area contributed by atoms with Gasteiger partial charge in [0.05, 0.1) is 37.8 Å². The molecular weight excluding hydrogens is 471 g/mol. The number of aromatic nitrogens is 3. The number of aliphatic hydroxyl groups is 1. The number of fused-ring (bicyclic) bond motifs is 1. The van der Waals surface area contributed by atoms with Crippen molar-refractivity contribution in [2.75, 3.05) is 39.2 Å². The molecule has 0 spiro atoms. The second-order valence-corrected chi connectivity index (χ2v) is 10.8. The van der Waals surface area contributed by atoms with Crippen LogP contribution in [-0.2, 0) is 24.9 Å². The van der Waals surface area contributed by atoms with Crippen molar-refractivity contribution >= 4 is 18.6 Å². The fourth-order valence-corrected chi connectivity index (χ4v) is 5.54. The summed E-state index contributed by atoms with van der Waals surface area (Å²) in [5.74, 6) is 0. The Hall–Kier alpha value is -1.55. The Kier molecular flexibility index (Phi) is 14.4. The normalized spacial score (nSPS) is 14.4. The topological polar surface area (TPSA) is 139 Å². The van der Waals surface area contributed by atoms with E-state index in [4.69, 9.17) is 13.8 Å². The van der Waals surface area contributed by atoms with Gasteiger partial charge in [-0.15, -0.1) is 0 Å². The van der Waals surface area contributed by atoms with Crippen LogP contribution < -0.4 is 10.9 Å². The van der Waals surface area contributed by atoms with Crippen LogP contribution in [0.25, 0.3) is 11.0 Å². The van der Waals surface area contributed by atoms with Crippen molar-refractivity contribution < 1.29 is 23.5 Å². The molecule has 0 aliphatic rings. The highest BCUT2D eigenvalue weighted by atomic mass is 31.2. The first kappa shape index (κ1) is 29.7. The van der Waals surface area contributed by atoms with E-state index in [2.05, 4.69) is 27.2 Å². The Morgan fingerprint density at radius 1 is 1.06 bits per heavy atom. The van der Waals surface area contributed by atoms with Crippen LogP contribution in [0.5, 0.6) is 0 Å². The van der Waals surface area contributed by atoms with Crippen molar-refractivity contribution in [1.82, 2.24) is 20.3 Å². The smallest absolute Gasteiger partial charge is 0.330 e. The molecule has 10 nitrogen and oxygen atoms in total. The molecule has 0 radical (unpaired) electrons. The Balaban J connectivity index is 1.68. The second kappa shape index (κ2) is 17.0. The number of rotatable bonds is 21. The number of unbranched alkanes of at least 4 members (excludes halogenated alkanes) is 5. The molecule has 0 saturated heterocycles. The molecule has 0 aliphatic heterocycles. The van der Waals surface area contributed by atoms with Crippen LogP contribution in [0.3, 0.4) is 0 Å². The number of ether oxygens (including phenoxy) is 1. The van der Waals surface area contributed by atoms with Gasteiger partial charge in [0.15, 0.2) is 0 Å². The third kappa shape index (κ3) is 10.9. The van der Waals surface area contributed by atoms with Crippen LogP contribution in [0.15, 0.2) is 17.3 Å². The molecule has 35 heavy (non-hydrogen) atoms. The van der Waals surface area contributed by atoms with Gasteiger partial charge in [-0.3, -0.25) is 9.36 Å². The lowest BCUT2D eigenvalue weighted by Gasteiger charge is -2.21. The predicted molar refractivity (Wildman–Crippen MR) is 138 cm³/mol. The molecule has 0 aliphatic carbocycles. The van der Waals surface area contributed by atoms with Crippen molar-refractivity contribution in [3.05, 3.63) is 28.4 Å². The summed E-state index contributed by atoms with van der Waals surface area (Å²) in [5, 5.41) is 13.0. The van der Waals surface area contributed by atoms with Crippen LogP contribution in [0.4, 0.5) is 0 Å². The fourth-order valence-electron chi connectivity index (χ4n) is 3.78. The highest BCUT2D eigenvalue weighted by molar-refractivity contribution is 7.53. The van der Waals surface area contributed by atoms with Crippen LogP contribution >= 0.6 is 7.60 Å². The number of hydrogen-bond acceptors (Lipinski definition) is 8. The molecule has 2 rings (SSSR count). The summed E-state index contributed by atoms with van der Waals surface area (Å²) in [6.07, 6.45) is 11.7. The first-order valence-electron chi connectivity index (χ1n) is 12.9. The Labute approximate surface area is 208 Å². The van der Waals surface area contributed by atoms with Crippen molar-refractivity contribution in [3.63, 3.8) is 0 Å². The first-order chi connectivity index (χ1) is 17.0. The zero-order valence-corrected chi connectivity index (χ0v) is 22.1. The molecule has 1 unspecified atom stereocenters. The molecular formula is C24H43N4O6P. The molecule has 2 aromatic rings. The standard InChI is InChI=1S/C24H43N4O6P/c1-3-5-6-7-8-9-12-32-13-10-14-34-35(31,33-4-2)15-11-21(18-29)25-16-20-17-26-23-22(20)27-19-28-24(23)30/h17,19,21,25-26,29H,3-16,18H2,1-2H3,(H,27,28,30)/t21-,35?/m0/s1. The molecule has 0 bridgehead atoms. The van der Waals surface area contributed by atoms with Gasteiger partial charge < -0.3 is 34.2 Å². The molecule has 200 valence electrons. The highest BCUT2D eigenvalue weighted by Crippen LogP contribution is 2.48. The van der Waals surface area contributed by atoms with Crippen LogP contribution in [0.1, 0.15) is 70.8 Å². The zero-order chi connectivity index (χ0) is 25.4. The maximum atomic E-state index is 13.1. The Morgan fingerprint density at radius 2 is 1.83 bits per heavy atom. The summed E-state index contributed by atoms with van der Waals surface area (Å²) >= 11 is 0. The van der Waals surface area contributed by atoms with E-state index in [0.29, 0.717) is 50.2 Å². The summed E-state index contributed by atoms with van der Waals surface area (Å²) in [6.45, 7) is 6.19. The van der Waals surface area contributed by atoms with Gasteiger partial charge >= 0.3 is 7.60 Å². The third-order valence-corrected chi connectivity index (χ3v) is 7.82. The highest BCUT2D eigenvalue weighted by Gasteiger charge is 2.25. The van der Waals surface area contributed by atoms with E-state index in [1.54, 1.807) is 13.1 Å². The van der Waals surface area contributed by atoms with E-state index < -0.39 is 7.60 Å². The van der Waals surface area contributed by atoms with Gasteiger partial charge in [-0.2, -0.15) is 0 Å². The lowest BCUT2D eigenvalue weighted by atomic mass is 10.1. The summed E-state index contributed by atoms with van der Waals surface area (Å²) in [4.78, 5) is 21.5. The quantitative estimate of drug-likeness (QED) is 0.144. The summed E-state index contributed by atoms with van der Waals surface area (Å²) < 4.78 is 29.9. The molecule has 0 aromatic carbocycles. The second-order valence-electron chi connectivity index (χ2n) is 8.64. The van der Waals surface area contributed by atoms with E-state index in [0.717, 1.165) is 18.6 Å². The molecule has 2 aromatic heterocycles. The van der Waals surface area contributed by atoms with Crippen LogP contribution in [0, 0.1) is 0 Å². The Bertz CT molecular complexity index is 934. The average molecular weight is 515 g/mol. The van der Waals surface area contributed by atoms with E-state index in [9.17, 15) is 14.5 Å². The molecule has 2 heterocycles. The monoisotopic (exact) mass is 514 g/mol. The van der Waals surface area contributed by atoms with Gasteiger partial charge in [-0.1, -0.05) is 39.0 Å². The maximum absolute atomic E-state index is 13.1. The van der Waals surface area contributed by atoms with Crippen molar-refractivity contribution in [2.24, 2.45) is 0 Å². The van der Waals surface area contributed by atoms with Gasteiger partial charge in [-0.05, 0) is 26.2 Å². The first-order valence-corrected chi connectivity index (χ1v) is 14.6. The van der Waals surface area contributed by atoms with E-state index in [-0.39, 0.29) is 24.4 Å². The molecule has 4 N–H and O–H groups in total. The van der Waals surface area contributed by atoms with Crippen LogP contribution in [-0.4, -0.2) is 65.3 Å². The number of aliphatic hydroxyl groups excluding tert-OH is 1. The average Bonchev–Trinajstić information content (AvgIpc) is 3.27. The SMILES string of the molecule is CCCCCCCCOCCCOP(=O)(CC[C@@H](CO)NCc1c[nH]c2c(=O)[nH]cnc12)OCC. The number of hydrogen-bond donors (Lipinski definition) is 4. The fraction of sp³-hybridized carbons (Fsp3) is 0.750.